The summed E-state index contributed by atoms with van der Waals surface area (Å²) in [5, 5.41) is 12.3. The highest BCUT2D eigenvalue weighted by Gasteiger charge is 2.32. The second kappa shape index (κ2) is 6.92. The molecule has 0 aromatic rings. The van der Waals surface area contributed by atoms with Crippen molar-refractivity contribution in [3.8, 4) is 0 Å². The zero-order chi connectivity index (χ0) is 14.5. The van der Waals surface area contributed by atoms with Gasteiger partial charge in [0.1, 0.15) is 0 Å². The van der Waals surface area contributed by atoms with E-state index in [0.717, 1.165) is 38.8 Å². The van der Waals surface area contributed by atoms with Gasteiger partial charge in [0.25, 0.3) is 0 Å². The number of rotatable bonds is 2. The second-order valence-electron chi connectivity index (χ2n) is 5.93. The van der Waals surface area contributed by atoms with E-state index in [1.54, 1.807) is 4.90 Å². The number of amides is 2. The fourth-order valence-electron chi connectivity index (χ4n) is 3.04. The minimum absolute atomic E-state index is 0.101. The van der Waals surface area contributed by atoms with E-state index in [-0.39, 0.29) is 12.1 Å². The van der Waals surface area contributed by atoms with Crippen molar-refractivity contribution in [1.82, 2.24) is 15.1 Å². The smallest absolute Gasteiger partial charge is 0.317 e. The number of urea groups is 1. The highest BCUT2D eigenvalue weighted by Crippen LogP contribution is 2.24. The SMILES string of the molecule is CN1CCN(C(=O)NC2CCCCCC2C(=O)O)CC1. The van der Waals surface area contributed by atoms with E-state index in [9.17, 15) is 14.7 Å². The van der Waals surface area contributed by atoms with Crippen molar-refractivity contribution in [2.45, 2.75) is 38.1 Å². The maximum absolute atomic E-state index is 12.3. The summed E-state index contributed by atoms with van der Waals surface area (Å²) in [6.45, 7) is 3.18. The van der Waals surface area contributed by atoms with Gasteiger partial charge in [0.2, 0.25) is 0 Å². The molecule has 2 N–H and O–H groups in total. The predicted octanol–water partition coefficient (Wildman–Crippen LogP) is 0.977. The lowest BCUT2D eigenvalue weighted by molar-refractivity contribution is -0.142. The summed E-state index contributed by atoms with van der Waals surface area (Å²) in [6, 6.07) is -0.321. The van der Waals surface area contributed by atoms with Crippen LogP contribution in [0.25, 0.3) is 0 Å². The normalized spacial score (nSPS) is 28.8. The Morgan fingerprint density at radius 1 is 1.05 bits per heavy atom. The van der Waals surface area contributed by atoms with Gasteiger partial charge in [-0.25, -0.2) is 4.79 Å². The lowest BCUT2D eigenvalue weighted by Crippen LogP contribution is -2.54. The lowest BCUT2D eigenvalue weighted by Gasteiger charge is -2.34. The van der Waals surface area contributed by atoms with Crippen LogP contribution in [0.3, 0.4) is 0 Å². The largest absolute Gasteiger partial charge is 0.481 e. The molecule has 114 valence electrons. The van der Waals surface area contributed by atoms with Crippen LogP contribution in [-0.2, 0) is 4.79 Å². The standard InChI is InChI=1S/C14H25N3O3/c1-16-7-9-17(10-8-16)14(20)15-12-6-4-2-3-5-11(12)13(18)19/h11-12H,2-10H2,1H3,(H,15,20)(H,18,19). The molecular weight excluding hydrogens is 258 g/mol. The summed E-state index contributed by atoms with van der Waals surface area (Å²) < 4.78 is 0. The van der Waals surface area contributed by atoms with E-state index in [1.165, 1.54) is 0 Å². The van der Waals surface area contributed by atoms with Gasteiger partial charge in [0, 0.05) is 32.2 Å². The number of hydrogen-bond donors (Lipinski definition) is 2. The predicted molar refractivity (Wildman–Crippen MR) is 75.6 cm³/mol. The quantitative estimate of drug-likeness (QED) is 0.741. The number of carbonyl (C=O) groups excluding carboxylic acids is 1. The van der Waals surface area contributed by atoms with E-state index in [0.29, 0.717) is 19.5 Å². The molecule has 2 amide bonds. The Labute approximate surface area is 120 Å². The molecular formula is C14H25N3O3. The van der Waals surface area contributed by atoms with Crippen LogP contribution in [0, 0.1) is 5.92 Å². The van der Waals surface area contributed by atoms with Crippen LogP contribution >= 0.6 is 0 Å². The van der Waals surface area contributed by atoms with Gasteiger partial charge in [-0.2, -0.15) is 0 Å². The molecule has 0 aromatic heterocycles. The monoisotopic (exact) mass is 283 g/mol. The molecule has 1 saturated carbocycles. The highest BCUT2D eigenvalue weighted by molar-refractivity contribution is 5.77. The van der Waals surface area contributed by atoms with Crippen molar-refractivity contribution in [3.63, 3.8) is 0 Å². The van der Waals surface area contributed by atoms with Crippen LogP contribution in [-0.4, -0.2) is 66.2 Å². The van der Waals surface area contributed by atoms with Crippen LogP contribution in [0.2, 0.25) is 0 Å². The molecule has 2 unspecified atom stereocenters. The second-order valence-corrected chi connectivity index (χ2v) is 5.93. The van der Waals surface area contributed by atoms with E-state index in [2.05, 4.69) is 10.2 Å². The van der Waals surface area contributed by atoms with Gasteiger partial charge < -0.3 is 20.2 Å². The van der Waals surface area contributed by atoms with E-state index in [1.807, 2.05) is 7.05 Å². The van der Waals surface area contributed by atoms with Crippen molar-refractivity contribution in [1.29, 1.82) is 0 Å². The van der Waals surface area contributed by atoms with Gasteiger partial charge in [-0.1, -0.05) is 19.3 Å². The number of likely N-dealkylation sites (N-methyl/N-ethyl adjacent to an activating group) is 1. The topological polar surface area (TPSA) is 72.9 Å². The number of piperazine rings is 1. The molecule has 6 heteroatoms. The molecule has 2 fully saturated rings. The van der Waals surface area contributed by atoms with Gasteiger partial charge in [0.05, 0.1) is 5.92 Å². The molecule has 0 spiro atoms. The van der Waals surface area contributed by atoms with Crippen molar-refractivity contribution in [3.05, 3.63) is 0 Å². The van der Waals surface area contributed by atoms with Gasteiger partial charge in [-0.3, -0.25) is 4.79 Å². The van der Waals surface area contributed by atoms with Crippen LogP contribution in [0.15, 0.2) is 0 Å². The average Bonchev–Trinajstić information content (AvgIpc) is 2.65. The maximum atomic E-state index is 12.3. The summed E-state index contributed by atoms with van der Waals surface area (Å²) in [4.78, 5) is 27.6. The van der Waals surface area contributed by atoms with Crippen molar-refractivity contribution < 1.29 is 14.7 Å². The van der Waals surface area contributed by atoms with Gasteiger partial charge >= 0.3 is 12.0 Å². The third kappa shape index (κ3) is 3.85. The first-order valence-corrected chi connectivity index (χ1v) is 7.54. The number of carbonyl (C=O) groups is 2. The van der Waals surface area contributed by atoms with Gasteiger partial charge in [0.15, 0.2) is 0 Å². The number of nitrogens with one attached hydrogen (secondary N) is 1. The molecule has 1 saturated heterocycles. The third-order valence-electron chi connectivity index (χ3n) is 4.43. The fraction of sp³-hybridized carbons (Fsp3) is 0.857. The van der Waals surface area contributed by atoms with Crippen LogP contribution in [0.4, 0.5) is 4.79 Å². The molecule has 1 heterocycles. The van der Waals surface area contributed by atoms with Crippen LogP contribution in [0.1, 0.15) is 32.1 Å². The number of nitrogens with zero attached hydrogens (tertiary/aromatic N) is 2. The zero-order valence-electron chi connectivity index (χ0n) is 12.2. The minimum Gasteiger partial charge on any atom is -0.481 e. The molecule has 1 aliphatic heterocycles. The Hall–Kier alpha value is -1.30. The summed E-state index contributed by atoms with van der Waals surface area (Å²) in [5.74, 6) is -1.22. The average molecular weight is 283 g/mol. The third-order valence-corrected chi connectivity index (χ3v) is 4.43. The zero-order valence-corrected chi connectivity index (χ0v) is 12.2. The van der Waals surface area contributed by atoms with Gasteiger partial charge in [-0.05, 0) is 19.9 Å². The molecule has 2 aliphatic rings. The molecule has 2 rings (SSSR count). The number of carboxylic acid groups (broad SMARTS) is 1. The Kier molecular flexibility index (Phi) is 5.23. The molecule has 6 nitrogen and oxygen atoms in total. The molecule has 20 heavy (non-hydrogen) atoms. The van der Waals surface area contributed by atoms with E-state index >= 15 is 0 Å². The number of aliphatic carboxylic acids is 1. The Morgan fingerprint density at radius 3 is 2.35 bits per heavy atom. The van der Waals surface area contributed by atoms with Crippen molar-refractivity contribution in [2.75, 3.05) is 33.2 Å². The lowest BCUT2D eigenvalue weighted by atomic mass is 9.95. The number of carboxylic acids is 1. The maximum Gasteiger partial charge on any atom is 0.317 e. The Morgan fingerprint density at radius 2 is 1.70 bits per heavy atom. The molecule has 0 bridgehead atoms. The summed E-state index contributed by atoms with van der Waals surface area (Å²) in [6.07, 6.45) is 4.44. The van der Waals surface area contributed by atoms with Crippen molar-refractivity contribution >= 4 is 12.0 Å². The molecule has 1 aliphatic carbocycles. The first-order valence-electron chi connectivity index (χ1n) is 7.54. The Balaban J connectivity index is 1.92. The fourth-order valence-corrected chi connectivity index (χ4v) is 3.04. The first kappa shape index (κ1) is 15.1. The molecule has 2 atom stereocenters. The first-order chi connectivity index (χ1) is 9.58. The van der Waals surface area contributed by atoms with E-state index in [4.69, 9.17) is 0 Å². The van der Waals surface area contributed by atoms with Crippen LogP contribution < -0.4 is 5.32 Å². The number of hydrogen-bond acceptors (Lipinski definition) is 3. The van der Waals surface area contributed by atoms with Crippen molar-refractivity contribution in [2.24, 2.45) is 5.92 Å². The molecule has 0 radical (unpaired) electrons. The summed E-state index contributed by atoms with van der Waals surface area (Å²) in [5.41, 5.74) is 0. The van der Waals surface area contributed by atoms with E-state index < -0.39 is 11.9 Å². The Bertz CT molecular complexity index is 354. The summed E-state index contributed by atoms with van der Waals surface area (Å²) in [7, 11) is 2.04. The minimum atomic E-state index is -0.782. The highest BCUT2D eigenvalue weighted by atomic mass is 16.4. The summed E-state index contributed by atoms with van der Waals surface area (Å²) >= 11 is 0. The molecule has 0 aromatic carbocycles. The van der Waals surface area contributed by atoms with Crippen LogP contribution in [0.5, 0.6) is 0 Å². The van der Waals surface area contributed by atoms with Gasteiger partial charge in [-0.15, -0.1) is 0 Å².